The van der Waals surface area contributed by atoms with E-state index in [0.29, 0.717) is 16.6 Å². The van der Waals surface area contributed by atoms with Crippen LogP contribution in [0, 0.1) is 6.92 Å². The number of nitrogens with two attached hydrogens (primary N) is 1. The van der Waals surface area contributed by atoms with E-state index < -0.39 is 0 Å². The van der Waals surface area contributed by atoms with Crippen molar-refractivity contribution in [3.8, 4) is 0 Å². The summed E-state index contributed by atoms with van der Waals surface area (Å²) in [6.45, 7) is 5.00. The van der Waals surface area contributed by atoms with Gasteiger partial charge in [0.25, 0.3) is 5.91 Å². The van der Waals surface area contributed by atoms with E-state index in [0.717, 1.165) is 35.9 Å². The highest BCUT2D eigenvalue weighted by Crippen LogP contribution is 2.37. The molecule has 1 fully saturated rings. The number of nitrogen functional groups attached to an aromatic ring is 1. The van der Waals surface area contributed by atoms with Crippen molar-refractivity contribution in [2.24, 2.45) is 0 Å². The molecule has 106 valence electrons. The van der Waals surface area contributed by atoms with Crippen molar-refractivity contribution in [2.75, 3.05) is 12.3 Å². The van der Waals surface area contributed by atoms with Crippen molar-refractivity contribution < 1.29 is 4.79 Å². The van der Waals surface area contributed by atoms with Crippen molar-refractivity contribution in [2.45, 2.75) is 39.2 Å². The summed E-state index contributed by atoms with van der Waals surface area (Å²) in [6.07, 6.45) is 3.26. The lowest BCUT2D eigenvalue weighted by molar-refractivity contribution is 0.0749. The molecule has 0 atom stereocenters. The number of anilines is 1. The van der Waals surface area contributed by atoms with Gasteiger partial charge in [-0.15, -0.1) is 11.3 Å². The Kier molecular flexibility index (Phi) is 3.42. The second kappa shape index (κ2) is 5.09. The third-order valence-electron chi connectivity index (χ3n) is 3.79. The molecule has 0 aliphatic heterocycles. The fraction of sp³-hybridized carbons (Fsp3) is 0.438. The Balaban J connectivity index is 2.00. The molecule has 1 amide bonds. The van der Waals surface area contributed by atoms with Crippen LogP contribution in [0.2, 0.25) is 0 Å². The predicted octanol–water partition coefficient (Wildman–Crippen LogP) is 3.81. The molecule has 3 rings (SSSR count). The molecule has 1 heterocycles. The molecule has 3 nitrogen and oxygen atoms in total. The molecule has 0 unspecified atom stereocenters. The van der Waals surface area contributed by atoms with Gasteiger partial charge in [-0.05, 0) is 37.8 Å². The average molecular weight is 288 g/mol. The minimum Gasteiger partial charge on any atom is -0.397 e. The molecule has 0 spiro atoms. The van der Waals surface area contributed by atoms with Crippen LogP contribution < -0.4 is 5.73 Å². The van der Waals surface area contributed by atoms with E-state index in [4.69, 9.17) is 5.73 Å². The summed E-state index contributed by atoms with van der Waals surface area (Å²) in [6, 6.07) is 6.61. The minimum absolute atomic E-state index is 0.116. The Morgan fingerprint density at radius 1 is 1.45 bits per heavy atom. The first-order valence-electron chi connectivity index (χ1n) is 7.21. The highest BCUT2D eigenvalue weighted by atomic mass is 32.1. The standard InChI is InChI=1S/C16H20N2OS/c1-3-8-18(11-5-6-11)16(19)15-14(17)12-7-4-10(2)9-13(12)20-15/h4,7,9,11H,3,5-6,8,17H2,1-2H3. The number of benzene rings is 1. The number of fused-ring (bicyclic) bond motifs is 1. The maximum Gasteiger partial charge on any atom is 0.266 e. The summed E-state index contributed by atoms with van der Waals surface area (Å²) in [5.74, 6) is 0.116. The monoisotopic (exact) mass is 288 g/mol. The number of rotatable bonds is 4. The van der Waals surface area contributed by atoms with Gasteiger partial charge in [0.2, 0.25) is 0 Å². The number of thiophene rings is 1. The van der Waals surface area contributed by atoms with Crippen LogP contribution in [0.4, 0.5) is 5.69 Å². The first-order chi connectivity index (χ1) is 9.61. The number of amides is 1. The molecule has 1 saturated carbocycles. The van der Waals surface area contributed by atoms with Crippen LogP contribution >= 0.6 is 11.3 Å². The van der Waals surface area contributed by atoms with E-state index in [1.54, 1.807) is 0 Å². The molecule has 1 aliphatic rings. The van der Waals surface area contributed by atoms with Crippen molar-refractivity contribution in [3.05, 3.63) is 28.6 Å². The van der Waals surface area contributed by atoms with E-state index >= 15 is 0 Å². The number of carbonyl (C=O) groups is 1. The lowest BCUT2D eigenvalue weighted by Crippen LogP contribution is -2.33. The van der Waals surface area contributed by atoms with E-state index in [-0.39, 0.29) is 5.91 Å². The summed E-state index contributed by atoms with van der Waals surface area (Å²) in [5.41, 5.74) is 8.06. The zero-order valence-electron chi connectivity index (χ0n) is 12.0. The largest absolute Gasteiger partial charge is 0.397 e. The van der Waals surface area contributed by atoms with E-state index in [9.17, 15) is 4.79 Å². The summed E-state index contributed by atoms with van der Waals surface area (Å²) in [5, 5.41) is 1.01. The van der Waals surface area contributed by atoms with Crippen molar-refractivity contribution in [3.63, 3.8) is 0 Å². The SMILES string of the molecule is CCCN(C(=O)c1sc2cc(C)ccc2c1N)C1CC1. The number of carbonyl (C=O) groups excluding carboxylic acids is 1. The maximum atomic E-state index is 12.7. The Morgan fingerprint density at radius 2 is 2.20 bits per heavy atom. The Labute approximate surface area is 123 Å². The maximum absolute atomic E-state index is 12.7. The van der Waals surface area contributed by atoms with Crippen LogP contribution in [0.15, 0.2) is 18.2 Å². The van der Waals surface area contributed by atoms with Crippen molar-refractivity contribution in [1.29, 1.82) is 0 Å². The summed E-state index contributed by atoms with van der Waals surface area (Å²) < 4.78 is 1.11. The van der Waals surface area contributed by atoms with Gasteiger partial charge < -0.3 is 10.6 Å². The third-order valence-corrected chi connectivity index (χ3v) is 4.95. The molecule has 1 aromatic carbocycles. The fourth-order valence-corrected chi connectivity index (χ4v) is 3.77. The van der Waals surface area contributed by atoms with Gasteiger partial charge in [-0.25, -0.2) is 0 Å². The molecule has 1 aromatic heterocycles. The van der Waals surface area contributed by atoms with Gasteiger partial charge in [-0.1, -0.05) is 19.1 Å². The van der Waals surface area contributed by atoms with Crippen molar-refractivity contribution in [1.82, 2.24) is 4.90 Å². The summed E-state index contributed by atoms with van der Waals surface area (Å²) >= 11 is 1.53. The van der Waals surface area contributed by atoms with Gasteiger partial charge in [-0.3, -0.25) is 4.79 Å². The second-order valence-corrected chi connectivity index (χ2v) is 6.63. The number of nitrogens with zero attached hydrogens (tertiary/aromatic N) is 1. The molecule has 0 bridgehead atoms. The average Bonchev–Trinajstić information content (AvgIpc) is 3.20. The number of aryl methyl sites for hydroxylation is 1. The molecular weight excluding hydrogens is 268 g/mol. The fourth-order valence-electron chi connectivity index (χ4n) is 2.59. The molecule has 2 aromatic rings. The van der Waals surface area contributed by atoms with Gasteiger partial charge in [0, 0.05) is 22.7 Å². The number of hydrogen-bond acceptors (Lipinski definition) is 3. The highest BCUT2D eigenvalue weighted by Gasteiger charge is 2.34. The van der Waals surface area contributed by atoms with E-state index in [2.05, 4.69) is 19.9 Å². The smallest absolute Gasteiger partial charge is 0.266 e. The number of hydrogen-bond donors (Lipinski definition) is 1. The Hall–Kier alpha value is -1.55. The van der Waals surface area contributed by atoms with Crippen LogP contribution in [-0.2, 0) is 0 Å². The van der Waals surface area contributed by atoms with Crippen LogP contribution in [0.25, 0.3) is 10.1 Å². The topological polar surface area (TPSA) is 46.3 Å². The molecule has 20 heavy (non-hydrogen) atoms. The van der Waals surface area contributed by atoms with Crippen LogP contribution in [0.5, 0.6) is 0 Å². The highest BCUT2D eigenvalue weighted by molar-refractivity contribution is 7.21. The van der Waals surface area contributed by atoms with Crippen LogP contribution in [-0.4, -0.2) is 23.4 Å². The van der Waals surface area contributed by atoms with Crippen LogP contribution in [0.3, 0.4) is 0 Å². The molecule has 1 aliphatic carbocycles. The molecule has 0 saturated heterocycles. The zero-order valence-corrected chi connectivity index (χ0v) is 12.8. The molecular formula is C16H20N2OS. The van der Waals surface area contributed by atoms with E-state index in [1.807, 2.05) is 17.0 Å². The third kappa shape index (κ3) is 2.29. The van der Waals surface area contributed by atoms with Crippen LogP contribution in [0.1, 0.15) is 41.4 Å². The van der Waals surface area contributed by atoms with E-state index in [1.165, 1.54) is 16.9 Å². The summed E-state index contributed by atoms with van der Waals surface area (Å²) in [4.78, 5) is 15.5. The van der Waals surface area contributed by atoms with Gasteiger partial charge in [-0.2, -0.15) is 0 Å². The molecule has 2 N–H and O–H groups in total. The van der Waals surface area contributed by atoms with Crippen molar-refractivity contribution >= 4 is 33.0 Å². The van der Waals surface area contributed by atoms with Gasteiger partial charge in [0.1, 0.15) is 4.88 Å². The first-order valence-corrected chi connectivity index (χ1v) is 8.03. The lowest BCUT2D eigenvalue weighted by atomic mass is 10.1. The van der Waals surface area contributed by atoms with Gasteiger partial charge in [0.15, 0.2) is 0 Å². The quantitative estimate of drug-likeness (QED) is 0.930. The van der Waals surface area contributed by atoms with Gasteiger partial charge in [0.05, 0.1) is 5.69 Å². The van der Waals surface area contributed by atoms with Gasteiger partial charge >= 0.3 is 0 Å². The lowest BCUT2D eigenvalue weighted by Gasteiger charge is -2.21. The predicted molar refractivity (Wildman–Crippen MR) is 85.3 cm³/mol. The molecule has 0 radical (unpaired) electrons. The second-order valence-electron chi connectivity index (χ2n) is 5.57. The Morgan fingerprint density at radius 3 is 2.85 bits per heavy atom. The zero-order chi connectivity index (χ0) is 14.3. The molecule has 4 heteroatoms. The minimum atomic E-state index is 0.116. The first kappa shape index (κ1) is 13.4. The Bertz CT molecular complexity index is 658. The summed E-state index contributed by atoms with van der Waals surface area (Å²) in [7, 11) is 0. The normalized spacial score (nSPS) is 14.7.